The van der Waals surface area contributed by atoms with Gasteiger partial charge in [-0.25, -0.2) is 22.9 Å². The zero-order chi connectivity index (χ0) is 24.1. The van der Waals surface area contributed by atoms with Gasteiger partial charge in [0.1, 0.15) is 22.7 Å². The Balaban J connectivity index is 1.91. The third-order valence-corrected chi connectivity index (χ3v) is 6.75. The Morgan fingerprint density at radius 3 is 2.73 bits per heavy atom. The molecule has 10 heteroatoms. The molecule has 0 aromatic carbocycles. The molecule has 2 aliphatic rings. The highest BCUT2D eigenvalue weighted by Gasteiger charge is 2.41. The SMILES string of the molecule is CC(C)[C@]1(C)Cc2cc(OCC3CCOC3)c(C(F)F)nc2-c2c(F)c(=O)c(C(=O)O)cn21. The maximum Gasteiger partial charge on any atom is 0.341 e. The topological polar surface area (TPSA) is 90.7 Å². The van der Waals surface area contributed by atoms with Crippen LogP contribution >= 0.6 is 0 Å². The van der Waals surface area contributed by atoms with Gasteiger partial charge in [0.15, 0.2) is 5.82 Å². The second-order valence-electron chi connectivity index (χ2n) is 9.12. The van der Waals surface area contributed by atoms with Gasteiger partial charge in [-0.05, 0) is 37.3 Å². The third kappa shape index (κ3) is 3.90. The molecule has 1 fully saturated rings. The summed E-state index contributed by atoms with van der Waals surface area (Å²) < 4.78 is 55.5. The summed E-state index contributed by atoms with van der Waals surface area (Å²) in [5.41, 5.74) is -3.47. The average molecular weight is 466 g/mol. The average Bonchev–Trinajstić information content (AvgIpc) is 3.27. The second kappa shape index (κ2) is 8.48. The lowest BCUT2D eigenvalue weighted by molar-refractivity contribution is 0.0692. The Hall–Kier alpha value is -2.88. The van der Waals surface area contributed by atoms with E-state index in [4.69, 9.17) is 9.47 Å². The molecule has 2 atom stereocenters. The molecule has 4 rings (SSSR count). The lowest BCUT2D eigenvalue weighted by atomic mass is 9.78. The molecule has 178 valence electrons. The number of ether oxygens (including phenoxy) is 2. The summed E-state index contributed by atoms with van der Waals surface area (Å²) in [5, 5.41) is 9.38. The van der Waals surface area contributed by atoms with E-state index in [-0.39, 0.29) is 42.0 Å². The van der Waals surface area contributed by atoms with Gasteiger partial charge >= 0.3 is 5.97 Å². The van der Waals surface area contributed by atoms with E-state index in [9.17, 15) is 23.5 Å². The number of hydrogen-bond donors (Lipinski definition) is 1. The smallest absolute Gasteiger partial charge is 0.341 e. The minimum absolute atomic E-state index is 0.0821. The Bertz CT molecular complexity index is 1160. The highest BCUT2D eigenvalue weighted by Crippen LogP contribution is 2.44. The van der Waals surface area contributed by atoms with Crippen LogP contribution in [-0.2, 0) is 16.7 Å². The van der Waals surface area contributed by atoms with Crippen LogP contribution < -0.4 is 10.2 Å². The highest BCUT2D eigenvalue weighted by molar-refractivity contribution is 5.87. The number of pyridine rings is 2. The van der Waals surface area contributed by atoms with Gasteiger partial charge in [0.05, 0.1) is 18.9 Å². The number of hydrogen-bond acceptors (Lipinski definition) is 5. The first kappa shape index (κ1) is 23.3. The maximum atomic E-state index is 15.3. The lowest BCUT2D eigenvalue weighted by Crippen LogP contribution is -2.44. The molecule has 0 aliphatic carbocycles. The van der Waals surface area contributed by atoms with Crippen LogP contribution in [0, 0.1) is 17.7 Å². The van der Waals surface area contributed by atoms with E-state index in [0.717, 1.165) is 12.6 Å². The molecule has 2 aromatic heterocycles. The van der Waals surface area contributed by atoms with E-state index in [0.29, 0.717) is 18.8 Å². The number of carboxylic acid groups (broad SMARTS) is 1. The van der Waals surface area contributed by atoms with Crippen LogP contribution in [0.25, 0.3) is 11.4 Å². The van der Waals surface area contributed by atoms with Crippen LogP contribution in [0.15, 0.2) is 17.1 Å². The summed E-state index contributed by atoms with van der Waals surface area (Å²) in [7, 11) is 0. The van der Waals surface area contributed by atoms with E-state index in [1.165, 1.54) is 10.6 Å². The number of fused-ring (bicyclic) bond motifs is 3. The molecule has 2 aromatic rings. The van der Waals surface area contributed by atoms with Gasteiger partial charge in [0, 0.05) is 24.3 Å². The molecule has 1 N–H and O–H groups in total. The predicted octanol–water partition coefficient (Wildman–Crippen LogP) is 4.03. The number of nitrogens with zero attached hydrogens (tertiary/aromatic N) is 2. The minimum atomic E-state index is -3.00. The van der Waals surface area contributed by atoms with Crippen molar-refractivity contribution >= 4 is 5.97 Å². The van der Waals surface area contributed by atoms with Gasteiger partial charge in [-0.15, -0.1) is 0 Å². The first-order chi connectivity index (χ1) is 15.5. The fraction of sp³-hybridized carbons (Fsp3) is 0.522. The first-order valence-electron chi connectivity index (χ1n) is 10.8. The summed E-state index contributed by atoms with van der Waals surface area (Å²) in [5.74, 6) is -3.01. The summed E-state index contributed by atoms with van der Waals surface area (Å²) in [4.78, 5) is 28.0. The minimum Gasteiger partial charge on any atom is -0.491 e. The molecule has 0 amide bonds. The number of aromatic carboxylic acids is 1. The van der Waals surface area contributed by atoms with Crippen molar-refractivity contribution in [3.8, 4) is 17.1 Å². The van der Waals surface area contributed by atoms with Gasteiger partial charge in [0.25, 0.3) is 6.43 Å². The number of carbonyl (C=O) groups is 1. The quantitative estimate of drug-likeness (QED) is 0.692. The molecule has 0 saturated carbocycles. The monoisotopic (exact) mass is 466 g/mol. The van der Waals surface area contributed by atoms with Gasteiger partial charge < -0.3 is 19.1 Å². The van der Waals surface area contributed by atoms with Gasteiger partial charge in [0.2, 0.25) is 5.43 Å². The van der Waals surface area contributed by atoms with E-state index < -0.39 is 40.4 Å². The molecule has 7 nitrogen and oxygen atoms in total. The van der Waals surface area contributed by atoms with Crippen molar-refractivity contribution in [3.05, 3.63) is 45.1 Å². The first-order valence-corrected chi connectivity index (χ1v) is 10.8. The number of alkyl halides is 2. The zero-order valence-corrected chi connectivity index (χ0v) is 18.5. The molecule has 0 bridgehead atoms. The number of rotatable bonds is 6. The summed E-state index contributed by atoms with van der Waals surface area (Å²) >= 11 is 0. The number of halogens is 3. The van der Waals surface area contributed by atoms with Crippen molar-refractivity contribution in [2.75, 3.05) is 19.8 Å². The summed E-state index contributed by atoms with van der Waals surface area (Å²) in [6.45, 7) is 6.83. The Kier molecular flexibility index (Phi) is 5.98. The number of carboxylic acids is 1. The van der Waals surface area contributed by atoms with Crippen molar-refractivity contribution in [2.45, 2.75) is 45.6 Å². The van der Waals surface area contributed by atoms with Crippen molar-refractivity contribution in [1.29, 1.82) is 0 Å². The fourth-order valence-corrected chi connectivity index (χ4v) is 4.39. The van der Waals surface area contributed by atoms with Crippen LogP contribution in [0.3, 0.4) is 0 Å². The molecular formula is C23H25F3N2O5. The van der Waals surface area contributed by atoms with E-state index in [1.807, 2.05) is 13.8 Å². The van der Waals surface area contributed by atoms with Crippen LogP contribution in [0.4, 0.5) is 13.2 Å². The van der Waals surface area contributed by atoms with Crippen molar-refractivity contribution in [1.82, 2.24) is 9.55 Å². The molecule has 2 aliphatic heterocycles. The van der Waals surface area contributed by atoms with Crippen LogP contribution in [0.1, 0.15) is 55.2 Å². The van der Waals surface area contributed by atoms with Gasteiger partial charge in [-0.3, -0.25) is 4.79 Å². The standard InChI is InChI=1S/C23H25F3N2O5/c1-11(2)23(3)7-13-6-15(33-10-12-4-5-32-9-12)18(21(25)26)27-17(13)19-16(24)20(29)14(22(30)31)8-28(19)23/h6,8,11-12,21H,4-5,7,9-10H2,1-3H3,(H,30,31)/t12?,23-/m0/s1. The third-order valence-electron chi connectivity index (χ3n) is 6.75. The maximum absolute atomic E-state index is 15.3. The summed E-state index contributed by atoms with van der Waals surface area (Å²) in [6, 6.07) is 1.44. The highest BCUT2D eigenvalue weighted by atomic mass is 19.3. The van der Waals surface area contributed by atoms with Gasteiger partial charge in [-0.2, -0.15) is 0 Å². The van der Waals surface area contributed by atoms with E-state index in [2.05, 4.69) is 4.98 Å². The normalized spacial score (nSPS) is 21.9. The molecule has 33 heavy (non-hydrogen) atoms. The number of aromatic nitrogens is 2. The van der Waals surface area contributed by atoms with Crippen molar-refractivity contribution in [3.63, 3.8) is 0 Å². The predicted molar refractivity (Wildman–Crippen MR) is 112 cm³/mol. The van der Waals surface area contributed by atoms with Crippen LogP contribution in [-0.4, -0.2) is 40.4 Å². The Morgan fingerprint density at radius 1 is 1.42 bits per heavy atom. The Morgan fingerprint density at radius 2 is 2.15 bits per heavy atom. The lowest BCUT2D eigenvalue weighted by Gasteiger charge is -2.42. The molecule has 4 heterocycles. The molecule has 1 saturated heterocycles. The fourth-order valence-electron chi connectivity index (χ4n) is 4.39. The summed E-state index contributed by atoms with van der Waals surface area (Å²) in [6.07, 6.45) is -0.889. The van der Waals surface area contributed by atoms with Crippen LogP contribution in [0.5, 0.6) is 5.75 Å². The second-order valence-corrected chi connectivity index (χ2v) is 9.12. The molecule has 1 unspecified atom stereocenters. The molecular weight excluding hydrogens is 441 g/mol. The largest absolute Gasteiger partial charge is 0.491 e. The molecule has 0 spiro atoms. The Labute approximate surface area is 188 Å². The zero-order valence-electron chi connectivity index (χ0n) is 18.5. The van der Waals surface area contributed by atoms with E-state index in [1.54, 1.807) is 6.92 Å². The van der Waals surface area contributed by atoms with Crippen LogP contribution in [0.2, 0.25) is 0 Å². The van der Waals surface area contributed by atoms with E-state index >= 15 is 4.39 Å². The van der Waals surface area contributed by atoms with Gasteiger partial charge in [-0.1, -0.05) is 13.8 Å². The molecule has 0 radical (unpaired) electrons. The van der Waals surface area contributed by atoms with Crippen molar-refractivity contribution < 1.29 is 32.5 Å². The van der Waals surface area contributed by atoms with Crippen molar-refractivity contribution in [2.24, 2.45) is 11.8 Å².